The molecule has 0 aliphatic carbocycles. The first-order valence-corrected chi connectivity index (χ1v) is 10.4. The van der Waals surface area contributed by atoms with E-state index in [0.29, 0.717) is 23.5 Å². The first-order valence-electron chi connectivity index (χ1n) is 9.46. The van der Waals surface area contributed by atoms with Crippen LogP contribution in [0.1, 0.15) is 28.5 Å². The van der Waals surface area contributed by atoms with Gasteiger partial charge in [0, 0.05) is 50.2 Å². The zero-order valence-corrected chi connectivity index (χ0v) is 17.6. The molecule has 2 aromatic rings. The zero-order valence-electron chi connectivity index (χ0n) is 16.0. The monoisotopic (exact) mass is 423 g/mol. The predicted molar refractivity (Wildman–Crippen MR) is 111 cm³/mol. The maximum atomic E-state index is 13.1. The Morgan fingerprint density at radius 3 is 2.82 bits per heavy atom. The molecule has 28 heavy (non-hydrogen) atoms. The van der Waals surface area contributed by atoms with Crippen molar-refractivity contribution in [3.05, 3.63) is 41.5 Å². The van der Waals surface area contributed by atoms with Crippen LogP contribution in [0.15, 0.2) is 33.7 Å². The second-order valence-electron chi connectivity index (χ2n) is 7.00. The molecule has 2 saturated heterocycles. The third-order valence-electron chi connectivity index (χ3n) is 5.16. The van der Waals surface area contributed by atoms with Gasteiger partial charge in [0.1, 0.15) is 0 Å². The van der Waals surface area contributed by atoms with Crippen LogP contribution >= 0.6 is 24.2 Å². The van der Waals surface area contributed by atoms with Crippen molar-refractivity contribution in [3.8, 4) is 0 Å². The SMILES string of the molecule is Cc1noc(CSc2ccccc2C(=O)N2CCC(N3CCNCC3)C2)n1.Cl. The molecule has 0 saturated carbocycles. The van der Waals surface area contributed by atoms with Crippen LogP contribution in [0.2, 0.25) is 0 Å². The van der Waals surface area contributed by atoms with Gasteiger partial charge in [0.15, 0.2) is 5.82 Å². The number of hydrogen-bond acceptors (Lipinski definition) is 7. The molecule has 1 atom stereocenters. The average molecular weight is 424 g/mol. The summed E-state index contributed by atoms with van der Waals surface area (Å²) in [5.41, 5.74) is 0.764. The number of benzene rings is 1. The Bertz CT molecular complexity index is 796. The lowest BCUT2D eigenvalue weighted by atomic mass is 10.2. The van der Waals surface area contributed by atoms with Crippen LogP contribution in [-0.4, -0.2) is 71.2 Å². The fourth-order valence-corrected chi connectivity index (χ4v) is 4.63. The normalized spacial score (nSPS) is 20.2. The maximum absolute atomic E-state index is 13.1. The lowest BCUT2D eigenvalue weighted by Gasteiger charge is -2.32. The third kappa shape index (κ3) is 4.86. The molecule has 152 valence electrons. The van der Waals surface area contributed by atoms with Crippen molar-refractivity contribution in [3.63, 3.8) is 0 Å². The molecule has 1 amide bonds. The Kier molecular flexibility index (Phi) is 7.34. The molecule has 4 rings (SSSR count). The van der Waals surface area contributed by atoms with Gasteiger partial charge >= 0.3 is 0 Å². The number of rotatable bonds is 5. The molecular formula is C19H26ClN5O2S. The molecule has 0 radical (unpaired) electrons. The first-order chi connectivity index (χ1) is 13.2. The van der Waals surface area contributed by atoms with Gasteiger partial charge in [0.05, 0.1) is 11.3 Å². The Morgan fingerprint density at radius 1 is 1.29 bits per heavy atom. The molecule has 2 fully saturated rings. The highest BCUT2D eigenvalue weighted by Crippen LogP contribution is 2.28. The van der Waals surface area contributed by atoms with E-state index < -0.39 is 0 Å². The zero-order chi connectivity index (χ0) is 18.6. The van der Waals surface area contributed by atoms with Gasteiger partial charge in [-0.15, -0.1) is 24.2 Å². The van der Waals surface area contributed by atoms with Crippen LogP contribution in [0.25, 0.3) is 0 Å². The van der Waals surface area contributed by atoms with Crippen LogP contribution in [-0.2, 0) is 5.75 Å². The van der Waals surface area contributed by atoms with Crippen molar-refractivity contribution in [2.24, 2.45) is 0 Å². The molecule has 1 aromatic heterocycles. The minimum atomic E-state index is 0. The maximum Gasteiger partial charge on any atom is 0.255 e. The molecule has 0 spiro atoms. The van der Waals surface area contributed by atoms with E-state index in [1.165, 1.54) is 0 Å². The smallest absolute Gasteiger partial charge is 0.255 e. The van der Waals surface area contributed by atoms with E-state index in [4.69, 9.17) is 4.52 Å². The van der Waals surface area contributed by atoms with E-state index >= 15 is 0 Å². The van der Waals surface area contributed by atoms with Gasteiger partial charge in [-0.3, -0.25) is 9.69 Å². The number of nitrogens with one attached hydrogen (secondary N) is 1. The van der Waals surface area contributed by atoms with E-state index in [2.05, 4.69) is 20.4 Å². The molecule has 2 aliphatic heterocycles. The number of hydrogen-bond donors (Lipinski definition) is 1. The third-order valence-corrected chi connectivity index (χ3v) is 6.22. The minimum Gasteiger partial charge on any atom is -0.338 e. The summed E-state index contributed by atoms with van der Waals surface area (Å²) in [6.45, 7) is 7.68. The quantitative estimate of drug-likeness (QED) is 0.739. The summed E-state index contributed by atoms with van der Waals surface area (Å²) in [5.74, 6) is 1.90. The number of thioether (sulfide) groups is 1. The van der Waals surface area contributed by atoms with E-state index in [1.807, 2.05) is 29.2 Å². The van der Waals surface area contributed by atoms with Crippen LogP contribution in [0.3, 0.4) is 0 Å². The minimum absolute atomic E-state index is 0. The molecule has 3 heterocycles. The van der Waals surface area contributed by atoms with E-state index in [9.17, 15) is 4.79 Å². The summed E-state index contributed by atoms with van der Waals surface area (Å²) in [4.78, 5) is 22.9. The van der Waals surface area contributed by atoms with Crippen molar-refractivity contribution < 1.29 is 9.32 Å². The summed E-state index contributed by atoms with van der Waals surface area (Å²) >= 11 is 1.57. The highest BCUT2D eigenvalue weighted by molar-refractivity contribution is 7.98. The van der Waals surface area contributed by atoms with E-state index in [1.54, 1.807) is 18.7 Å². The van der Waals surface area contributed by atoms with Crippen molar-refractivity contribution in [2.45, 2.75) is 30.0 Å². The summed E-state index contributed by atoms with van der Waals surface area (Å²) in [6.07, 6.45) is 1.06. The number of likely N-dealkylation sites (tertiary alicyclic amines) is 1. The number of amides is 1. The molecular weight excluding hydrogens is 398 g/mol. The Morgan fingerprint density at radius 2 is 2.07 bits per heavy atom. The second kappa shape index (κ2) is 9.73. The van der Waals surface area contributed by atoms with E-state index in [0.717, 1.165) is 56.1 Å². The molecule has 0 bridgehead atoms. The lowest BCUT2D eigenvalue weighted by molar-refractivity contribution is 0.0770. The second-order valence-corrected chi connectivity index (χ2v) is 8.02. The molecule has 7 nitrogen and oxygen atoms in total. The lowest BCUT2D eigenvalue weighted by Crippen LogP contribution is -2.49. The topological polar surface area (TPSA) is 74.5 Å². The highest BCUT2D eigenvalue weighted by atomic mass is 35.5. The van der Waals surface area contributed by atoms with Crippen LogP contribution in [0.5, 0.6) is 0 Å². The number of nitrogens with zero attached hydrogens (tertiary/aromatic N) is 4. The number of carbonyl (C=O) groups is 1. The average Bonchev–Trinajstić information content (AvgIpc) is 3.36. The summed E-state index contributed by atoms with van der Waals surface area (Å²) < 4.78 is 5.18. The van der Waals surface area contributed by atoms with Gasteiger partial charge < -0.3 is 14.7 Å². The van der Waals surface area contributed by atoms with Gasteiger partial charge in [0.2, 0.25) is 5.89 Å². The highest BCUT2D eigenvalue weighted by Gasteiger charge is 2.32. The fourth-order valence-electron chi connectivity index (χ4n) is 3.75. The van der Waals surface area contributed by atoms with Crippen LogP contribution < -0.4 is 5.32 Å². The molecule has 2 aliphatic rings. The van der Waals surface area contributed by atoms with Gasteiger partial charge in [-0.2, -0.15) is 4.98 Å². The fraction of sp³-hybridized carbons (Fsp3) is 0.526. The Labute approximate surface area is 175 Å². The van der Waals surface area contributed by atoms with Crippen molar-refractivity contribution in [1.82, 2.24) is 25.3 Å². The van der Waals surface area contributed by atoms with Gasteiger partial charge in [-0.05, 0) is 25.5 Å². The Balaban J connectivity index is 0.00000225. The number of aryl methyl sites for hydroxylation is 1. The van der Waals surface area contributed by atoms with E-state index in [-0.39, 0.29) is 18.3 Å². The van der Waals surface area contributed by atoms with Crippen molar-refractivity contribution in [2.75, 3.05) is 39.3 Å². The van der Waals surface area contributed by atoms with Gasteiger partial charge in [-0.25, -0.2) is 0 Å². The molecule has 1 aromatic carbocycles. The van der Waals surface area contributed by atoms with Gasteiger partial charge in [0.25, 0.3) is 5.91 Å². The largest absolute Gasteiger partial charge is 0.338 e. The Hall–Kier alpha value is -1.61. The summed E-state index contributed by atoms with van der Waals surface area (Å²) in [7, 11) is 0. The number of carbonyl (C=O) groups excluding carboxylic acids is 1. The predicted octanol–water partition coefficient (Wildman–Crippen LogP) is 2.21. The van der Waals surface area contributed by atoms with Crippen molar-refractivity contribution in [1.29, 1.82) is 0 Å². The van der Waals surface area contributed by atoms with Crippen LogP contribution in [0.4, 0.5) is 0 Å². The summed E-state index contributed by atoms with van der Waals surface area (Å²) in [6, 6.07) is 8.29. The molecule has 9 heteroatoms. The van der Waals surface area contributed by atoms with Crippen LogP contribution in [0, 0.1) is 6.92 Å². The van der Waals surface area contributed by atoms with Crippen molar-refractivity contribution >= 4 is 30.1 Å². The number of aromatic nitrogens is 2. The number of piperazine rings is 1. The van der Waals surface area contributed by atoms with Gasteiger partial charge in [-0.1, -0.05) is 17.3 Å². The molecule has 1 unspecified atom stereocenters. The number of halogens is 1. The molecule has 1 N–H and O–H groups in total. The first kappa shape index (κ1) is 21.1. The summed E-state index contributed by atoms with van der Waals surface area (Å²) in [5, 5.41) is 7.21. The standard InChI is InChI=1S/C19H25N5O2S.ClH/c1-14-21-18(26-22-14)13-27-17-5-3-2-4-16(17)19(25)24-9-6-15(12-24)23-10-7-20-8-11-23;/h2-5,15,20H,6-13H2,1H3;1H.